The van der Waals surface area contributed by atoms with Crippen molar-refractivity contribution in [2.75, 3.05) is 0 Å². The molecule has 118 valence electrons. The summed E-state index contributed by atoms with van der Waals surface area (Å²) in [5.41, 5.74) is 3.34. The van der Waals surface area contributed by atoms with Crippen LogP contribution in [0, 0.1) is 11.3 Å². The molecule has 4 rings (SSSR count). The van der Waals surface area contributed by atoms with E-state index in [-0.39, 0.29) is 5.56 Å². The summed E-state index contributed by atoms with van der Waals surface area (Å²) in [4.78, 5) is 23.6. The van der Waals surface area contributed by atoms with Gasteiger partial charge in [-0.3, -0.25) is 4.79 Å². The van der Waals surface area contributed by atoms with Gasteiger partial charge in [0.25, 0.3) is 5.56 Å². The summed E-state index contributed by atoms with van der Waals surface area (Å²) in [6, 6.07) is 20.5. The number of aromatic amines is 1. The smallest absolute Gasteiger partial charge is 0.259 e. The van der Waals surface area contributed by atoms with Gasteiger partial charge in [0.15, 0.2) is 0 Å². The Hall–Kier alpha value is -3.78. The van der Waals surface area contributed by atoms with Gasteiger partial charge in [0.1, 0.15) is 17.6 Å². The van der Waals surface area contributed by atoms with Crippen molar-refractivity contribution in [3.63, 3.8) is 0 Å². The molecule has 0 fully saturated rings. The van der Waals surface area contributed by atoms with Crippen LogP contribution in [0.4, 0.5) is 0 Å². The van der Waals surface area contributed by atoms with Crippen molar-refractivity contribution in [2.24, 2.45) is 0 Å². The van der Waals surface area contributed by atoms with Gasteiger partial charge in [0.2, 0.25) is 0 Å². The van der Waals surface area contributed by atoms with Crippen molar-refractivity contribution < 1.29 is 0 Å². The third-order valence-corrected chi connectivity index (χ3v) is 4.00. The number of aromatic nitrogens is 3. The summed E-state index contributed by atoms with van der Waals surface area (Å²) >= 11 is 0. The third kappa shape index (κ3) is 2.66. The second-order valence-electron chi connectivity index (χ2n) is 5.52. The van der Waals surface area contributed by atoms with Crippen LogP contribution in [0.5, 0.6) is 0 Å². The van der Waals surface area contributed by atoms with Crippen LogP contribution in [0.3, 0.4) is 0 Å². The van der Waals surface area contributed by atoms with Gasteiger partial charge in [-0.1, -0.05) is 36.4 Å². The highest BCUT2D eigenvalue weighted by Gasteiger charge is 2.08. The minimum Gasteiger partial charge on any atom is -0.306 e. The molecule has 0 aliphatic heterocycles. The number of nitrogens with one attached hydrogen (secondary N) is 1. The summed E-state index contributed by atoms with van der Waals surface area (Å²) in [7, 11) is 0. The van der Waals surface area contributed by atoms with E-state index in [9.17, 15) is 10.1 Å². The molecule has 4 aromatic rings. The quantitative estimate of drug-likeness (QED) is 0.611. The van der Waals surface area contributed by atoms with Crippen LogP contribution in [0.2, 0.25) is 0 Å². The fraction of sp³-hybridized carbons (Fsp3) is 0. The van der Waals surface area contributed by atoms with Crippen LogP contribution >= 0.6 is 0 Å². The maximum Gasteiger partial charge on any atom is 0.259 e. The van der Waals surface area contributed by atoms with Crippen LogP contribution < -0.4 is 5.56 Å². The first-order valence-electron chi connectivity index (χ1n) is 7.71. The number of H-pyrrole nitrogens is 1. The van der Waals surface area contributed by atoms with E-state index in [1.165, 1.54) is 0 Å². The van der Waals surface area contributed by atoms with Gasteiger partial charge < -0.3 is 4.98 Å². The van der Waals surface area contributed by atoms with E-state index in [1.54, 1.807) is 18.3 Å². The molecule has 5 nitrogen and oxygen atoms in total. The van der Waals surface area contributed by atoms with Gasteiger partial charge >= 0.3 is 0 Å². The normalized spacial score (nSPS) is 10.5. The summed E-state index contributed by atoms with van der Waals surface area (Å²) < 4.78 is 0. The molecule has 2 aromatic heterocycles. The summed E-state index contributed by atoms with van der Waals surface area (Å²) in [5.74, 6) is 0.516. The highest BCUT2D eigenvalue weighted by atomic mass is 16.1. The molecular formula is C20H12N4O. The number of hydrogen-bond donors (Lipinski definition) is 1. The van der Waals surface area contributed by atoms with Crippen molar-refractivity contribution >= 4 is 10.9 Å². The lowest BCUT2D eigenvalue weighted by atomic mass is 10.0. The first kappa shape index (κ1) is 14.8. The van der Waals surface area contributed by atoms with E-state index in [4.69, 9.17) is 0 Å². The van der Waals surface area contributed by atoms with E-state index in [0.717, 1.165) is 16.7 Å². The van der Waals surface area contributed by atoms with Crippen LogP contribution in [-0.4, -0.2) is 15.0 Å². The van der Waals surface area contributed by atoms with Gasteiger partial charge in [-0.15, -0.1) is 0 Å². The van der Waals surface area contributed by atoms with E-state index in [2.05, 4.69) is 21.0 Å². The number of rotatable bonds is 2. The summed E-state index contributed by atoms with van der Waals surface area (Å²) in [6.07, 6.45) is 1.60. The maximum absolute atomic E-state index is 12.2. The first-order valence-corrected chi connectivity index (χ1v) is 7.71. The highest BCUT2D eigenvalue weighted by molar-refractivity contribution is 5.79. The molecule has 0 atom stereocenters. The van der Waals surface area contributed by atoms with Crippen molar-refractivity contribution in [1.29, 1.82) is 5.26 Å². The predicted molar refractivity (Wildman–Crippen MR) is 95.7 cm³/mol. The molecule has 0 saturated heterocycles. The first-order chi connectivity index (χ1) is 12.3. The summed E-state index contributed by atoms with van der Waals surface area (Å²) in [5, 5.41) is 9.75. The lowest BCUT2D eigenvalue weighted by Crippen LogP contribution is -2.09. The number of para-hydroxylation sites is 1. The molecule has 0 radical (unpaired) electrons. The maximum atomic E-state index is 12.2. The average molecular weight is 324 g/mol. The third-order valence-electron chi connectivity index (χ3n) is 4.00. The fourth-order valence-electron chi connectivity index (χ4n) is 2.76. The van der Waals surface area contributed by atoms with Crippen molar-refractivity contribution in [3.05, 3.63) is 82.9 Å². The fourth-order valence-corrected chi connectivity index (χ4v) is 2.76. The Balaban J connectivity index is 1.79. The molecule has 0 spiro atoms. The highest BCUT2D eigenvalue weighted by Crippen LogP contribution is 2.25. The standard InChI is InChI=1S/C20H12N4O/c21-12-18-15(5-3-11-22-18)13-7-9-14(10-8-13)19-23-17-6-2-1-4-16(17)20(25)24-19/h1-11H,(H,23,24,25). The number of nitriles is 1. The minimum absolute atomic E-state index is 0.163. The van der Waals surface area contributed by atoms with Gasteiger partial charge in [0, 0.05) is 17.3 Å². The van der Waals surface area contributed by atoms with E-state index in [0.29, 0.717) is 22.4 Å². The van der Waals surface area contributed by atoms with Crippen molar-refractivity contribution in [1.82, 2.24) is 15.0 Å². The molecule has 5 heteroatoms. The molecule has 0 amide bonds. The number of pyridine rings is 1. The number of benzene rings is 2. The Bertz CT molecular complexity index is 1170. The molecule has 0 unspecified atom stereocenters. The van der Waals surface area contributed by atoms with Crippen molar-refractivity contribution in [3.8, 4) is 28.6 Å². The number of fused-ring (bicyclic) bond motifs is 1. The molecule has 0 aliphatic rings. The predicted octanol–water partition coefficient (Wildman–Crippen LogP) is 3.52. The zero-order valence-electron chi connectivity index (χ0n) is 13.1. The van der Waals surface area contributed by atoms with Crippen LogP contribution in [0.1, 0.15) is 5.69 Å². The minimum atomic E-state index is -0.163. The topological polar surface area (TPSA) is 82.4 Å². The number of hydrogen-bond acceptors (Lipinski definition) is 4. The Morgan fingerprint density at radius 3 is 2.48 bits per heavy atom. The molecule has 0 saturated carbocycles. The van der Waals surface area contributed by atoms with E-state index >= 15 is 0 Å². The Kier molecular flexibility index (Phi) is 3.56. The lowest BCUT2D eigenvalue weighted by Gasteiger charge is -2.06. The van der Waals surface area contributed by atoms with Crippen molar-refractivity contribution in [2.45, 2.75) is 0 Å². The van der Waals surface area contributed by atoms with Gasteiger partial charge in [-0.25, -0.2) is 9.97 Å². The Labute approximate surface area is 143 Å². The van der Waals surface area contributed by atoms with E-state index in [1.807, 2.05) is 48.5 Å². The van der Waals surface area contributed by atoms with Crippen LogP contribution in [0.25, 0.3) is 33.4 Å². The number of nitrogens with zero attached hydrogens (tertiary/aromatic N) is 3. The van der Waals surface area contributed by atoms with Crippen LogP contribution in [-0.2, 0) is 0 Å². The molecular weight excluding hydrogens is 312 g/mol. The Morgan fingerprint density at radius 1 is 0.920 bits per heavy atom. The van der Waals surface area contributed by atoms with Crippen LogP contribution in [0.15, 0.2) is 71.7 Å². The molecule has 25 heavy (non-hydrogen) atoms. The van der Waals surface area contributed by atoms with Gasteiger partial charge in [0.05, 0.1) is 10.9 Å². The summed E-state index contributed by atoms with van der Waals surface area (Å²) in [6.45, 7) is 0. The second-order valence-corrected chi connectivity index (χ2v) is 5.52. The Morgan fingerprint density at radius 2 is 1.68 bits per heavy atom. The average Bonchev–Trinajstić information content (AvgIpc) is 2.68. The zero-order chi connectivity index (χ0) is 17.2. The molecule has 2 heterocycles. The molecule has 2 aromatic carbocycles. The molecule has 0 aliphatic carbocycles. The van der Waals surface area contributed by atoms with E-state index < -0.39 is 0 Å². The van der Waals surface area contributed by atoms with Gasteiger partial charge in [-0.2, -0.15) is 5.26 Å². The molecule has 1 N–H and O–H groups in total. The largest absolute Gasteiger partial charge is 0.306 e. The molecule has 0 bridgehead atoms. The monoisotopic (exact) mass is 324 g/mol. The SMILES string of the molecule is N#Cc1ncccc1-c1ccc(-c2nc3ccccc3c(=O)[nH]2)cc1. The van der Waals surface area contributed by atoms with Gasteiger partial charge in [-0.05, 0) is 29.8 Å². The second kappa shape index (κ2) is 6.02. The lowest BCUT2D eigenvalue weighted by molar-refractivity contribution is 1.18. The zero-order valence-corrected chi connectivity index (χ0v) is 13.1.